The lowest BCUT2D eigenvalue weighted by molar-refractivity contribution is -0.118. The molecule has 0 saturated carbocycles. The van der Waals surface area contributed by atoms with Crippen LogP contribution in [-0.4, -0.2) is 27.3 Å². The summed E-state index contributed by atoms with van der Waals surface area (Å²) in [6.07, 6.45) is 0. The summed E-state index contributed by atoms with van der Waals surface area (Å²) >= 11 is 7.58. The Morgan fingerprint density at radius 2 is 1.80 bits per heavy atom. The van der Waals surface area contributed by atoms with Crippen molar-refractivity contribution in [3.63, 3.8) is 0 Å². The number of nitrogens with zero attached hydrogens (tertiary/aromatic N) is 3. The summed E-state index contributed by atoms with van der Waals surface area (Å²) in [4.78, 5) is 16.4. The van der Waals surface area contributed by atoms with E-state index < -0.39 is 0 Å². The van der Waals surface area contributed by atoms with Crippen molar-refractivity contribution in [1.29, 1.82) is 0 Å². The molecule has 0 bridgehead atoms. The van der Waals surface area contributed by atoms with Crippen LogP contribution in [0.3, 0.4) is 0 Å². The number of ether oxygens (including phenoxy) is 1. The molecule has 7 nitrogen and oxygen atoms in total. The molecule has 5 aromatic rings. The van der Waals surface area contributed by atoms with Gasteiger partial charge in [-0.15, -0.1) is 11.3 Å². The summed E-state index contributed by atoms with van der Waals surface area (Å²) in [6, 6.07) is 25.2. The van der Waals surface area contributed by atoms with Crippen LogP contribution in [0.2, 0.25) is 5.02 Å². The molecule has 0 fully saturated rings. The summed E-state index contributed by atoms with van der Waals surface area (Å²) in [7, 11) is 0. The maximum absolute atomic E-state index is 11.7. The average molecular weight is 500 g/mol. The summed E-state index contributed by atoms with van der Waals surface area (Å²) in [6.45, 7) is 0.0311. The van der Waals surface area contributed by atoms with Gasteiger partial charge in [-0.05, 0) is 42.5 Å². The molecule has 3 heterocycles. The molecule has 1 amide bonds. The molecule has 1 aliphatic rings. The van der Waals surface area contributed by atoms with Gasteiger partial charge >= 0.3 is 0 Å². The average Bonchev–Trinajstić information content (AvgIpc) is 3.52. The van der Waals surface area contributed by atoms with Crippen LogP contribution in [0.1, 0.15) is 0 Å². The molecule has 2 aromatic heterocycles. The number of carbonyl (C=O) groups excluding carboxylic acids is 1. The quantitative estimate of drug-likeness (QED) is 0.293. The molecule has 0 spiro atoms. The molecule has 6 rings (SSSR count). The highest BCUT2D eigenvalue weighted by Crippen LogP contribution is 2.35. The SMILES string of the molecule is O=C1COc2ccc(-c3csc(Nc4cc(-c5ccccc5)nn4-c4ccc(Cl)cc4)n3)cc2N1. The normalized spacial score (nSPS) is 12.5. The van der Waals surface area contributed by atoms with Crippen molar-refractivity contribution in [3.8, 4) is 34.0 Å². The van der Waals surface area contributed by atoms with E-state index in [9.17, 15) is 4.79 Å². The third kappa shape index (κ3) is 4.37. The second-order valence-corrected chi connectivity index (χ2v) is 9.17. The van der Waals surface area contributed by atoms with E-state index in [1.54, 1.807) is 0 Å². The van der Waals surface area contributed by atoms with Gasteiger partial charge in [0, 0.05) is 27.6 Å². The van der Waals surface area contributed by atoms with Gasteiger partial charge in [0.05, 0.1) is 22.8 Å². The number of fused-ring (bicyclic) bond motifs is 1. The number of rotatable bonds is 5. The van der Waals surface area contributed by atoms with Gasteiger partial charge in [0.2, 0.25) is 0 Å². The predicted octanol–water partition coefficient (Wildman–Crippen LogP) is 6.39. The Labute approximate surface area is 210 Å². The minimum Gasteiger partial charge on any atom is -0.482 e. The van der Waals surface area contributed by atoms with Crippen molar-refractivity contribution in [1.82, 2.24) is 14.8 Å². The summed E-state index contributed by atoms with van der Waals surface area (Å²) < 4.78 is 7.29. The number of nitrogens with one attached hydrogen (secondary N) is 2. The first-order chi connectivity index (χ1) is 17.1. The molecule has 2 N–H and O–H groups in total. The van der Waals surface area contributed by atoms with Gasteiger partial charge in [0.1, 0.15) is 11.6 Å². The zero-order valence-corrected chi connectivity index (χ0v) is 19.8. The summed E-state index contributed by atoms with van der Waals surface area (Å²) in [5, 5.41) is 14.4. The Morgan fingerprint density at radius 3 is 2.63 bits per heavy atom. The fourth-order valence-corrected chi connectivity index (χ4v) is 4.67. The fourth-order valence-electron chi connectivity index (χ4n) is 3.81. The maximum Gasteiger partial charge on any atom is 0.262 e. The molecule has 1 aliphatic heterocycles. The first kappa shape index (κ1) is 21.4. The lowest BCUT2D eigenvalue weighted by Crippen LogP contribution is -2.25. The minimum atomic E-state index is -0.167. The molecule has 0 aliphatic carbocycles. The highest BCUT2D eigenvalue weighted by molar-refractivity contribution is 7.14. The van der Waals surface area contributed by atoms with E-state index >= 15 is 0 Å². The maximum atomic E-state index is 11.7. The van der Waals surface area contributed by atoms with Crippen molar-refractivity contribution >= 4 is 45.5 Å². The number of benzene rings is 3. The van der Waals surface area contributed by atoms with Crippen LogP contribution in [-0.2, 0) is 4.79 Å². The summed E-state index contributed by atoms with van der Waals surface area (Å²) in [5.74, 6) is 1.26. The van der Waals surface area contributed by atoms with Crippen LogP contribution in [0.25, 0.3) is 28.2 Å². The standard InChI is InChI=1S/C26H18ClN5O2S/c27-18-7-9-19(10-8-18)32-24(13-20(31-32)16-4-2-1-3-5-16)30-26-29-22(15-35-26)17-6-11-23-21(12-17)28-25(33)14-34-23/h1-13,15H,14H2,(H,28,33)(H,29,30). The van der Waals surface area contributed by atoms with E-state index in [2.05, 4.69) is 10.6 Å². The predicted molar refractivity (Wildman–Crippen MR) is 139 cm³/mol. The highest BCUT2D eigenvalue weighted by Gasteiger charge is 2.18. The van der Waals surface area contributed by atoms with Crippen molar-refractivity contribution < 1.29 is 9.53 Å². The van der Waals surface area contributed by atoms with Crippen LogP contribution in [0.15, 0.2) is 84.2 Å². The third-order valence-electron chi connectivity index (χ3n) is 5.50. The van der Waals surface area contributed by atoms with Crippen molar-refractivity contribution in [2.45, 2.75) is 0 Å². The number of thiazole rings is 1. The van der Waals surface area contributed by atoms with Gasteiger partial charge in [0.15, 0.2) is 11.7 Å². The van der Waals surface area contributed by atoms with E-state index in [1.807, 2.05) is 88.9 Å². The molecule has 9 heteroatoms. The number of hydrogen-bond acceptors (Lipinski definition) is 6. The molecule has 3 aromatic carbocycles. The lowest BCUT2D eigenvalue weighted by Gasteiger charge is -2.18. The van der Waals surface area contributed by atoms with E-state index in [0.29, 0.717) is 21.6 Å². The van der Waals surface area contributed by atoms with Crippen molar-refractivity contribution in [2.75, 3.05) is 17.2 Å². The number of hydrogen-bond donors (Lipinski definition) is 2. The highest BCUT2D eigenvalue weighted by atomic mass is 35.5. The van der Waals surface area contributed by atoms with E-state index in [-0.39, 0.29) is 12.5 Å². The van der Waals surface area contributed by atoms with Gasteiger partial charge in [0.25, 0.3) is 5.91 Å². The van der Waals surface area contributed by atoms with Crippen molar-refractivity contribution in [3.05, 3.63) is 89.3 Å². The molecule has 35 heavy (non-hydrogen) atoms. The summed E-state index contributed by atoms with van der Waals surface area (Å²) in [5.41, 5.74) is 5.05. The van der Waals surface area contributed by atoms with Crippen molar-refractivity contribution in [2.24, 2.45) is 0 Å². The number of anilines is 3. The van der Waals surface area contributed by atoms with Gasteiger partial charge in [-0.25, -0.2) is 9.67 Å². The molecular formula is C26H18ClN5O2S. The lowest BCUT2D eigenvalue weighted by atomic mass is 10.1. The minimum absolute atomic E-state index is 0.0311. The Balaban J connectivity index is 1.33. The van der Waals surface area contributed by atoms with E-state index in [1.165, 1.54) is 11.3 Å². The van der Waals surface area contributed by atoms with Gasteiger partial charge in [-0.2, -0.15) is 5.10 Å². The fraction of sp³-hybridized carbons (Fsp3) is 0.0385. The number of carbonyl (C=O) groups is 1. The molecule has 0 radical (unpaired) electrons. The van der Waals surface area contributed by atoms with Gasteiger partial charge in [-0.3, -0.25) is 4.79 Å². The Kier molecular flexibility index (Phi) is 5.44. The van der Waals surface area contributed by atoms with Gasteiger partial charge in [-0.1, -0.05) is 41.9 Å². The second kappa shape index (κ2) is 8.90. The zero-order valence-electron chi connectivity index (χ0n) is 18.2. The third-order valence-corrected chi connectivity index (χ3v) is 6.51. The van der Waals surface area contributed by atoms with Crippen LogP contribution in [0, 0.1) is 0 Å². The Bertz CT molecular complexity index is 1530. The topological polar surface area (TPSA) is 81.1 Å². The largest absolute Gasteiger partial charge is 0.482 e. The Hall–Kier alpha value is -4.14. The van der Waals surface area contributed by atoms with Crippen LogP contribution >= 0.6 is 22.9 Å². The van der Waals surface area contributed by atoms with Crippen LogP contribution in [0.5, 0.6) is 5.75 Å². The Morgan fingerprint density at radius 1 is 0.971 bits per heavy atom. The van der Waals surface area contributed by atoms with Gasteiger partial charge < -0.3 is 15.4 Å². The zero-order chi connectivity index (χ0) is 23.8. The molecule has 0 atom stereocenters. The smallest absolute Gasteiger partial charge is 0.262 e. The first-order valence-electron chi connectivity index (χ1n) is 10.8. The number of aromatic nitrogens is 3. The monoisotopic (exact) mass is 499 g/mol. The first-order valence-corrected chi connectivity index (χ1v) is 12.1. The van der Waals surface area contributed by atoms with Crippen LogP contribution in [0.4, 0.5) is 16.6 Å². The number of amides is 1. The van der Waals surface area contributed by atoms with E-state index in [4.69, 9.17) is 26.4 Å². The number of halogens is 1. The van der Waals surface area contributed by atoms with E-state index in [0.717, 1.165) is 34.0 Å². The molecule has 0 unspecified atom stereocenters. The molecule has 172 valence electrons. The molecular weight excluding hydrogens is 482 g/mol. The van der Waals surface area contributed by atoms with Crippen LogP contribution < -0.4 is 15.4 Å². The second-order valence-electron chi connectivity index (χ2n) is 7.88. The molecule has 0 saturated heterocycles.